The lowest BCUT2D eigenvalue weighted by atomic mass is 10.0. The minimum atomic E-state index is -3.85. The quantitative estimate of drug-likeness (QED) is 0.517. The summed E-state index contributed by atoms with van der Waals surface area (Å²) in [5, 5.41) is 0. The van der Waals surface area contributed by atoms with Gasteiger partial charge in [-0.15, -0.1) is 0 Å². The molecular weight excluding hydrogens is 411 g/mol. The summed E-state index contributed by atoms with van der Waals surface area (Å²) in [7, 11) is -2.34. The molecule has 1 saturated heterocycles. The minimum absolute atomic E-state index is 0.00346. The van der Waals surface area contributed by atoms with Gasteiger partial charge in [-0.25, -0.2) is 4.98 Å². The maximum absolute atomic E-state index is 12.7. The molecule has 0 bridgehead atoms. The van der Waals surface area contributed by atoms with Crippen LogP contribution in [-0.4, -0.2) is 56.0 Å². The molecule has 0 amide bonds. The predicted molar refractivity (Wildman–Crippen MR) is 113 cm³/mol. The molecule has 30 heavy (non-hydrogen) atoms. The van der Waals surface area contributed by atoms with Gasteiger partial charge >= 0.3 is 7.60 Å². The van der Waals surface area contributed by atoms with Crippen LogP contribution >= 0.6 is 7.60 Å². The molecule has 0 radical (unpaired) electrons. The Balaban J connectivity index is 1.99. The van der Waals surface area contributed by atoms with Crippen LogP contribution in [0.15, 0.2) is 6.33 Å². The first-order valence-corrected chi connectivity index (χ1v) is 11.7. The Bertz CT molecular complexity index is 935. The van der Waals surface area contributed by atoms with Gasteiger partial charge in [-0.3, -0.25) is 13.7 Å². The number of anilines is 2. The number of ether oxygens (including phenoxy) is 2. The van der Waals surface area contributed by atoms with E-state index in [1.807, 2.05) is 27.7 Å². The lowest BCUT2D eigenvalue weighted by Crippen LogP contribution is -2.36. The minimum Gasteiger partial charge on any atom is -0.382 e. The van der Waals surface area contributed by atoms with E-state index in [1.54, 1.807) is 4.57 Å². The average Bonchev–Trinajstić information content (AvgIpc) is 3.14. The average molecular weight is 442 g/mol. The fourth-order valence-corrected chi connectivity index (χ4v) is 5.45. The third-order valence-electron chi connectivity index (χ3n) is 4.88. The lowest BCUT2D eigenvalue weighted by Gasteiger charge is -2.27. The lowest BCUT2D eigenvalue weighted by molar-refractivity contribution is -0.0517. The molecule has 0 saturated carbocycles. The molecule has 168 valence electrons. The zero-order valence-corrected chi connectivity index (χ0v) is 18.8. The largest absolute Gasteiger partial charge is 0.382 e. The molecule has 5 atom stereocenters. The van der Waals surface area contributed by atoms with Crippen molar-refractivity contribution in [2.45, 2.75) is 58.7 Å². The van der Waals surface area contributed by atoms with Crippen molar-refractivity contribution < 1.29 is 23.5 Å². The van der Waals surface area contributed by atoms with Crippen molar-refractivity contribution in [2.24, 2.45) is 11.8 Å². The van der Waals surface area contributed by atoms with Gasteiger partial charge < -0.3 is 25.8 Å². The number of nitrogen functional groups attached to an aromatic ring is 2. The number of hydrogen-bond donors (Lipinski definition) is 3. The summed E-state index contributed by atoms with van der Waals surface area (Å²) in [5.41, 5.74) is 12.5. The molecule has 1 aliphatic rings. The van der Waals surface area contributed by atoms with Gasteiger partial charge in [0, 0.05) is 7.11 Å². The number of nitrogens with two attached hydrogens (primary N) is 2. The Morgan fingerprint density at radius 1 is 1.23 bits per heavy atom. The van der Waals surface area contributed by atoms with Gasteiger partial charge in [-0.2, -0.15) is 9.97 Å². The highest BCUT2D eigenvalue weighted by atomic mass is 31.2. The van der Waals surface area contributed by atoms with E-state index in [0.29, 0.717) is 17.6 Å². The second-order valence-corrected chi connectivity index (χ2v) is 10.3. The van der Waals surface area contributed by atoms with Gasteiger partial charge in [0.15, 0.2) is 17.7 Å². The van der Waals surface area contributed by atoms with Crippen LogP contribution in [0.5, 0.6) is 0 Å². The maximum atomic E-state index is 12.7. The molecule has 1 fully saturated rings. The van der Waals surface area contributed by atoms with Gasteiger partial charge in [-0.1, -0.05) is 27.7 Å². The van der Waals surface area contributed by atoms with Crippen LogP contribution in [0.3, 0.4) is 0 Å². The molecule has 2 unspecified atom stereocenters. The monoisotopic (exact) mass is 442 g/mol. The second kappa shape index (κ2) is 8.76. The molecule has 3 heterocycles. The number of fused-ring (bicyclic) bond motifs is 1. The number of aromatic nitrogens is 4. The maximum Gasteiger partial charge on any atom is 0.328 e. The zero-order valence-electron chi connectivity index (χ0n) is 17.9. The van der Waals surface area contributed by atoms with Crippen molar-refractivity contribution >= 4 is 30.5 Å². The van der Waals surface area contributed by atoms with Crippen LogP contribution in [0.25, 0.3) is 11.2 Å². The SMILES string of the molecule is CO[C@H]1C(OP(=O)(O)CC(C)C)[C@@H](CC(C)C)O[C@H]1n1cnc2c(N)nc(N)nc21. The molecule has 0 aliphatic carbocycles. The van der Waals surface area contributed by atoms with Gasteiger partial charge in [0.05, 0.1) is 18.6 Å². The summed E-state index contributed by atoms with van der Waals surface area (Å²) in [6.07, 6.45) is -0.375. The van der Waals surface area contributed by atoms with E-state index in [-0.39, 0.29) is 29.8 Å². The Kier molecular flexibility index (Phi) is 6.69. The van der Waals surface area contributed by atoms with E-state index in [1.165, 1.54) is 13.4 Å². The first kappa shape index (κ1) is 22.9. The number of imidazole rings is 1. The van der Waals surface area contributed by atoms with E-state index < -0.39 is 32.1 Å². The normalized spacial score (nSPS) is 26.7. The molecule has 5 N–H and O–H groups in total. The topological polar surface area (TPSA) is 161 Å². The highest BCUT2D eigenvalue weighted by Gasteiger charge is 2.49. The first-order chi connectivity index (χ1) is 14.0. The number of methoxy groups -OCH3 is 1. The van der Waals surface area contributed by atoms with Crippen LogP contribution < -0.4 is 11.5 Å². The Hall–Kier alpha value is -1.78. The summed E-state index contributed by atoms with van der Waals surface area (Å²) in [4.78, 5) is 22.9. The summed E-state index contributed by atoms with van der Waals surface area (Å²) in [6, 6.07) is 0. The molecule has 0 aromatic carbocycles. The fraction of sp³-hybridized carbons (Fsp3) is 0.722. The van der Waals surface area contributed by atoms with Gasteiger partial charge in [0.2, 0.25) is 5.95 Å². The fourth-order valence-electron chi connectivity index (χ4n) is 3.80. The predicted octanol–water partition coefficient (Wildman–Crippen LogP) is 2.18. The number of nitrogens with zero attached hydrogens (tertiary/aromatic N) is 4. The van der Waals surface area contributed by atoms with Crippen LogP contribution in [0, 0.1) is 11.8 Å². The van der Waals surface area contributed by atoms with Crippen molar-refractivity contribution in [3.63, 3.8) is 0 Å². The summed E-state index contributed by atoms with van der Waals surface area (Å²) in [5.74, 6) is 0.445. The summed E-state index contributed by atoms with van der Waals surface area (Å²) < 4.78 is 32.1. The highest BCUT2D eigenvalue weighted by molar-refractivity contribution is 7.52. The van der Waals surface area contributed by atoms with E-state index in [9.17, 15) is 9.46 Å². The molecule has 12 heteroatoms. The summed E-state index contributed by atoms with van der Waals surface area (Å²) in [6.45, 7) is 7.82. The van der Waals surface area contributed by atoms with E-state index >= 15 is 0 Å². The first-order valence-electron chi connectivity index (χ1n) is 9.96. The van der Waals surface area contributed by atoms with E-state index in [0.717, 1.165) is 0 Å². The van der Waals surface area contributed by atoms with Gasteiger partial charge in [-0.05, 0) is 18.3 Å². The van der Waals surface area contributed by atoms with Gasteiger partial charge in [0.1, 0.15) is 17.7 Å². The molecule has 11 nitrogen and oxygen atoms in total. The van der Waals surface area contributed by atoms with Crippen molar-refractivity contribution in [1.82, 2.24) is 19.5 Å². The number of rotatable bonds is 8. The zero-order chi connectivity index (χ0) is 22.2. The van der Waals surface area contributed by atoms with Crippen LogP contribution in [0.1, 0.15) is 40.3 Å². The van der Waals surface area contributed by atoms with Crippen molar-refractivity contribution in [2.75, 3.05) is 24.7 Å². The Morgan fingerprint density at radius 2 is 1.93 bits per heavy atom. The van der Waals surface area contributed by atoms with Crippen molar-refractivity contribution in [3.8, 4) is 0 Å². The summed E-state index contributed by atoms with van der Waals surface area (Å²) >= 11 is 0. The molecule has 3 rings (SSSR count). The van der Waals surface area contributed by atoms with Gasteiger partial charge in [0.25, 0.3) is 0 Å². The Labute approximate surface area is 175 Å². The third kappa shape index (κ3) is 4.76. The number of hydrogen-bond acceptors (Lipinski definition) is 9. The molecule has 2 aromatic heterocycles. The second-order valence-electron chi connectivity index (χ2n) is 8.47. The van der Waals surface area contributed by atoms with E-state index in [2.05, 4.69) is 15.0 Å². The van der Waals surface area contributed by atoms with Crippen LogP contribution in [0.4, 0.5) is 11.8 Å². The molecule has 1 aliphatic heterocycles. The molecular formula is C18H31N6O5P. The Morgan fingerprint density at radius 3 is 2.53 bits per heavy atom. The van der Waals surface area contributed by atoms with Crippen molar-refractivity contribution in [1.29, 1.82) is 0 Å². The molecule has 0 spiro atoms. The molecule has 2 aromatic rings. The third-order valence-corrected chi connectivity index (χ3v) is 6.65. The van der Waals surface area contributed by atoms with E-state index in [4.69, 9.17) is 25.5 Å². The standard InChI is InChI=1S/C18H31N6O5P/c1-9(2)6-11-13(29-30(25,26)7-10(3)4)14(27-5)17(28-11)24-8-21-12-15(19)22-18(20)23-16(12)24/h8-11,13-14,17H,6-7H2,1-5H3,(H,25,26)(H4,19,20,22,23)/t11-,13?,14+,17-/m1/s1. The van der Waals surface area contributed by atoms with Crippen LogP contribution in [0.2, 0.25) is 0 Å². The van der Waals surface area contributed by atoms with Crippen LogP contribution in [-0.2, 0) is 18.6 Å². The highest BCUT2D eigenvalue weighted by Crippen LogP contribution is 2.50. The smallest absolute Gasteiger partial charge is 0.328 e. The van der Waals surface area contributed by atoms with Crippen molar-refractivity contribution in [3.05, 3.63) is 6.33 Å².